The van der Waals surface area contributed by atoms with Crippen molar-refractivity contribution in [2.45, 2.75) is 6.92 Å². The number of aromatic nitrogens is 3. The summed E-state index contributed by atoms with van der Waals surface area (Å²) in [5, 5.41) is 16.9. The molecule has 3 aromatic rings. The Hall–Kier alpha value is -3.28. The van der Waals surface area contributed by atoms with Gasteiger partial charge in [0, 0.05) is 5.56 Å². The Morgan fingerprint density at radius 2 is 1.83 bits per heavy atom. The van der Waals surface area contributed by atoms with Crippen molar-refractivity contribution in [3.8, 4) is 16.9 Å². The third-order valence-corrected chi connectivity index (χ3v) is 3.57. The lowest BCUT2D eigenvalue weighted by atomic mass is 10.0. The molecule has 23 heavy (non-hydrogen) atoms. The second kappa shape index (κ2) is 5.84. The highest BCUT2D eigenvalue weighted by atomic mass is 16.4. The van der Waals surface area contributed by atoms with Crippen LogP contribution in [0, 0.1) is 6.92 Å². The van der Waals surface area contributed by atoms with E-state index in [1.54, 1.807) is 12.1 Å². The van der Waals surface area contributed by atoms with Gasteiger partial charge < -0.3 is 5.11 Å². The number of carboxylic acid groups (broad SMARTS) is 1. The minimum absolute atomic E-state index is 0.182. The highest BCUT2D eigenvalue weighted by molar-refractivity contribution is 5.88. The maximum atomic E-state index is 11.3. The van der Waals surface area contributed by atoms with E-state index in [-0.39, 0.29) is 11.3 Å². The van der Waals surface area contributed by atoms with Crippen molar-refractivity contribution >= 4 is 12.3 Å². The second-order valence-electron chi connectivity index (χ2n) is 5.02. The molecule has 0 saturated carbocycles. The van der Waals surface area contributed by atoms with Gasteiger partial charge in [0.15, 0.2) is 12.0 Å². The summed E-state index contributed by atoms with van der Waals surface area (Å²) in [5.74, 6) is -0.997. The van der Waals surface area contributed by atoms with Crippen LogP contribution in [0.1, 0.15) is 26.4 Å². The lowest BCUT2D eigenvalue weighted by Crippen LogP contribution is -2.02. The van der Waals surface area contributed by atoms with Crippen LogP contribution in [0.2, 0.25) is 0 Å². The monoisotopic (exact) mass is 307 g/mol. The fourth-order valence-corrected chi connectivity index (χ4v) is 2.39. The molecule has 0 aliphatic rings. The summed E-state index contributed by atoms with van der Waals surface area (Å²) in [6.07, 6.45) is 0.664. The molecule has 0 aliphatic carbocycles. The van der Waals surface area contributed by atoms with Crippen LogP contribution in [-0.4, -0.2) is 32.4 Å². The Kier molecular flexibility index (Phi) is 3.72. The summed E-state index contributed by atoms with van der Waals surface area (Å²) in [7, 11) is 0. The van der Waals surface area contributed by atoms with Crippen molar-refractivity contribution < 1.29 is 14.7 Å². The maximum Gasteiger partial charge on any atom is 0.335 e. The SMILES string of the molecule is Cc1ccccc1-c1c(C=O)nnn1-c1ccc(C(=O)O)cc1. The highest BCUT2D eigenvalue weighted by Crippen LogP contribution is 2.27. The fourth-order valence-electron chi connectivity index (χ4n) is 2.39. The molecule has 6 heteroatoms. The van der Waals surface area contributed by atoms with E-state index in [1.807, 2.05) is 31.2 Å². The summed E-state index contributed by atoms with van der Waals surface area (Å²) >= 11 is 0. The van der Waals surface area contributed by atoms with Crippen molar-refractivity contribution in [1.82, 2.24) is 15.0 Å². The molecule has 114 valence electrons. The van der Waals surface area contributed by atoms with Gasteiger partial charge in [-0.1, -0.05) is 29.5 Å². The first-order valence-corrected chi connectivity index (χ1v) is 6.92. The number of aldehydes is 1. The molecule has 3 rings (SSSR count). The van der Waals surface area contributed by atoms with Crippen molar-refractivity contribution in [2.75, 3.05) is 0 Å². The third-order valence-electron chi connectivity index (χ3n) is 3.57. The van der Waals surface area contributed by atoms with Gasteiger partial charge in [0.1, 0.15) is 5.69 Å². The van der Waals surface area contributed by atoms with Gasteiger partial charge in [-0.25, -0.2) is 9.48 Å². The first-order chi connectivity index (χ1) is 11.1. The smallest absolute Gasteiger partial charge is 0.335 e. The van der Waals surface area contributed by atoms with Crippen LogP contribution >= 0.6 is 0 Å². The minimum atomic E-state index is -0.997. The largest absolute Gasteiger partial charge is 0.478 e. The van der Waals surface area contributed by atoms with Crippen LogP contribution in [0.4, 0.5) is 0 Å². The summed E-state index contributed by atoms with van der Waals surface area (Å²) in [4.78, 5) is 22.3. The molecule has 0 aliphatic heterocycles. The predicted molar refractivity (Wildman–Crippen MR) is 83.9 cm³/mol. The Bertz CT molecular complexity index is 882. The van der Waals surface area contributed by atoms with Crippen molar-refractivity contribution in [3.05, 3.63) is 65.4 Å². The van der Waals surface area contributed by atoms with Gasteiger partial charge in [0.05, 0.1) is 11.3 Å². The lowest BCUT2D eigenvalue weighted by Gasteiger charge is -2.09. The van der Waals surface area contributed by atoms with E-state index in [9.17, 15) is 9.59 Å². The molecule has 0 unspecified atom stereocenters. The summed E-state index contributed by atoms with van der Waals surface area (Å²) in [5.41, 5.74) is 3.47. The zero-order chi connectivity index (χ0) is 16.4. The molecule has 1 N–H and O–H groups in total. The van der Waals surface area contributed by atoms with Crippen LogP contribution in [0.5, 0.6) is 0 Å². The Labute approximate surface area is 132 Å². The molecule has 0 bridgehead atoms. The highest BCUT2D eigenvalue weighted by Gasteiger charge is 2.17. The number of rotatable bonds is 4. The van der Waals surface area contributed by atoms with Crippen LogP contribution in [0.15, 0.2) is 48.5 Å². The van der Waals surface area contributed by atoms with E-state index >= 15 is 0 Å². The van der Waals surface area contributed by atoms with E-state index < -0.39 is 5.97 Å². The molecule has 6 nitrogen and oxygen atoms in total. The van der Waals surface area contributed by atoms with Gasteiger partial charge >= 0.3 is 5.97 Å². The first kappa shape index (κ1) is 14.6. The van der Waals surface area contributed by atoms with E-state index in [1.165, 1.54) is 16.8 Å². The molecular formula is C17H13N3O3. The maximum absolute atomic E-state index is 11.3. The van der Waals surface area contributed by atoms with Crippen LogP contribution in [0.25, 0.3) is 16.9 Å². The Morgan fingerprint density at radius 1 is 1.13 bits per heavy atom. The number of hydrogen-bond acceptors (Lipinski definition) is 4. The van der Waals surface area contributed by atoms with Crippen LogP contribution in [-0.2, 0) is 0 Å². The number of carboxylic acids is 1. The average molecular weight is 307 g/mol. The summed E-state index contributed by atoms with van der Waals surface area (Å²) < 4.78 is 1.54. The van der Waals surface area contributed by atoms with Gasteiger partial charge in [-0.05, 0) is 36.8 Å². The normalized spacial score (nSPS) is 10.5. The quantitative estimate of drug-likeness (QED) is 0.749. The van der Waals surface area contributed by atoms with Crippen molar-refractivity contribution in [1.29, 1.82) is 0 Å². The molecule has 0 radical (unpaired) electrons. The zero-order valence-corrected chi connectivity index (χ0v) is 12.3. The number of hydrogen-bond donors (Lipinski definition) is 1. The Morgan fingerprint density at radius 3 is 2.43 bits per heavy atom. The predicted octanol–water partition coefficient (Wildman–Crippen LogP) is 2.75. The lowest BCUT2D eigenvalue weighted by molar-refractivity contribution is 0.0696. The van der Waals surface area contributed by atoms with Gasteiger partial charge in [0.2, 0.25) is 0 Å². The van der Waals surface area contributed by atoms with Crippen LogP contribution < -0.4 is 0 Å². The fraction of sp³-hybridized carbons (Fsp3) is 0.0588. The van der Waals surface area contributed by atoms with Gasteiger partial charge in [-0.3, -0.25) is 4.79 Å². The second-order valence-corrected chi connectivity index (χ2v) is 5.02. The minimum Gasteiger partial charge on any atom is -0.478 e. The molecular weight excluding hydrogens is 294 g/mol. The zero-order valence-electron chi connectivity index (χ0n) is 12.3. The molecule has 0 fully saturated rings. The molecule has 2 aromatic carbocycles. The van der Waals surface area contributed by atoms with E-state index in [0.29, 0.717) is 17.7 Å². The number of carbonyl (C=O) groups is 2. The Balaban J connectivity index is 2.18. The van der Waals surface area contributed by atoms with Gasteiger partial charge in [0.25, 0.3) is 0 Å². The number of benzene rings is 2. The standard InChI is InChI=1S/C17H13N3O3/c1-11-4-2-3-5-14(11)16-15(10-21)18-19-20(16)13-8-6-12(7-9-13)17(22)23/h2-10H,1H3,(H,22,23). The van der Waals surface area contributed by atoms with E-state index in [0.717, 1.165) is 11.1 Å². The molecule has 0 spiro atoms. The summed E-state index contributed by atoms with van der Waals surface area (Å²) in [6.45, 7) is 1.94. The number of aryl methyl sites for hydroxylation is 1. The van der Waals surface area contributed by atoms with E-state index in [2.05, 4.69) is 10.3 Å². The number of carbonyl (C=O) groups excluding carboxylic acids is 1. The molecule has 0 atom stereocenters. The number of aromatic carboxylic acids is 1. The first-order valence-electron chi connectivity index (χ1n) is 6.92. The molecule has 1 heterocycles. The molecule has 0 amide bonds. The topological polar surface area (TPSA) is 85.1 Å². The van der Waals surface area contributed by atoms with Gasteiger partial charge in [-0.15, -0.1) is 5.10 Å². The van der Waals surface area contributed by atoms with Crippen molar-refractivity contribution in [2.24, 2.45) is 0 Å². The average Bonchev–Trinajstić information content (AvgIpc) is 2.99. The third kappa shape index (κ3) is 2.62. The molecule has 0 saturated heterocycles. The van der Waals surface area contributed by atoms with Crippen LogP contribution in [0.3, 0.4) is 0 Å². The van der Waals surface area contributed by atoms with Crippen molar-refractivity contribution in [3.63, 3.8) is 0 Å². The molecule has 1 aromatic heterocycles. The number of nitrogens with zero attached hydrogens (tertiary/aromatic N) is 3. The van der Waals surface area contributed by atoms with Gasteiger partial charge in [-0.2, -0.15) is 0 Å². The van der Waals surface area contributed by atoms with E-state index in [4.69, 9.17) is 5.11 Å². The summed E-state index contributed by atoms with van der Waals surface area (Å²) in [6, 6.07) is 13.9.